The Morgan fingerprint density at radius 3 is 1.89 bits per heavy atom. The molecule has 1 aliphatic carbocycles. The molecule has 0 amide bonds. The van der Waals surface area contributed by atoms with E-state index in [0.717, 1.165) is 27.8 Å². The van der Waals surface area contributed by atoms with Crippen LogP contribution < -0.4 is 0 Å². The molecule has 10 aromatic rings. The first-order valence-electron chi connectivity index (χ1n) is 18.4. The predicted molar refractivity (Wildman–Crippen MR) is 227 cm³/mol. The van der Waals surface area contributed by atoms with Crippen molar-refractivity contribution >= 4 is 53.1 Å². The summed E-state index contributed by atoms with van der Waals surface area (Å²) in [5.74, 6) is 1.99. The lowest BCUT2D eigenvalue weighted by Gasteiger charge is -2.21. The molecule has 54 heavy (non-hydrogen) atoms. The molecule has 0 unspecified atom stereocenters. The van der Waals surface area contributed by atoms with Gasteiger partial charge in [-0.2, -0.15) is 0 Å². The van der Waals surface area contributed by atoms with Gasteiger partial charge < -0.3 is 0 Å². The van der Waals surface area contributed by atoms with Crippen LogP contribution in [0.25, 0.3) is 98.1 Å². The van der Waals surface area contributed by atoms with Crippen molar-refractivity contribution in [3.63, 3.8) is 0 Å². The van der Waals surface area contributed by atoms with E-state index in [1.807, 2.05) is 29.5 Å². The number of aromatic nitrogens is 3. The molecule has 0 saturated heterocycles. The van der Waals surface area contributed by atoms with Gasteiger partial charge in [-0.15, -0.1) is 11.3 Å². The molecule has 4 heteroatoms. The Balaban J connectivity index is 1.06. The Hall–Kier alpha value is -6.49. The van der Waals surface area contributed by atoms with Crippen LogP contribution in [0.2, 0.25) is 0 Å². The van der Waals surface area contributed by atoms with Crippen LogP contribution in [-0.2, 0) is 5.41 Å². The van der Waals surface area contributed by atoms with Gasteiger partial charge in [0, 0.05) is 47.7 Å². The number of nitrogens with zero attached hydrogens (tertiary/aromatic N) is 3. The van der Waals surface area contributed by atoms with E-state index in [-0.39, 0.29) is 5.41 Å². The molecule has 0 saturated carbocycles. The van der Waals surface area contributed by atoms with Crippen molar-refractivity contribution in [2.24, 2.45) is 0 Å². The van der Waals surface area contributed by atoms with Crippen LogP contribution in [-0.4, -0.2) is 15.0 Å². The number of thiophene rings is 1. The fourth-order valence-corrected chi connectivity index (χ4v) is 9.80. The first kappa shape index (κ1) is 31.1. The molecule has 0 bridgehead atoms. The molecular weight excluding hydrogens is 675 g/mol. The highest BCUT2D eigenvalue weighted by Crippen LogP contribution is 2.49. The van der Waals surface area contributed by atoms with E-state index < -0.39 is 0 Å². The Bertz CT molecular complexity index is 3140. The van der Waals surface area contributed by atoms with E-state index in [4.69, 9.17) is 15.0 Å². The van der Waals surface area contributed by atoms with Gasteiger partial charge in [-0.25, -0.2) is 15.0 Å². The summed E-state index contributed by atoms with van der Waals surface area (Å²) in [5, 5.41) is 7.72. The van der Waals surface area contributed by atoms with E-state index in [1.54, 1.807) is 0 Å². The molecule has 11 rings (SSSR count). The highest BCUT2D eigenvalue weighted by molar-refractivity contribution is 7.26. The molecule has 254 valence electrons. The highest BCUT2D eigenvalue weighted by Gasteiger charge is 2.35. The first-order chi connectivity index (χ1) is 26.5. The molecular formula is C50H33N3S. The number of fused-ring (bicyclic) bond motifs is 10. The van der Waals surface area contributed by atoms with Gasteiger partial charge in [0.05, 0.1) is 0 Å². The molecule has 0 spiro atoms. The van der Waals surface area contributed by atoms with Crippen molar-refractivity contribution < 1.29 is 0 Å². The van der Waals surface area contributed by atoms with Crippen LogP contribution in [0.3, 0.4) is 0 Å². The smallest absolute Gasteiger partial charge is 0.164 e. The second-order valence-corrected chi connectivity index (χ2v) is 15.9. The number of hydrogen-bond acceptors (Lipinski definition) is 4. The summed E-state index contributed by atoms with van der Waals surface area (Å²) in [6.45, 7) is 4.61. The third-order valence-electron chi connectivity index (χ3n) is 11.3. The Morgan fingerprint density at radius 1 is 0.407 bits per heavy atom. The lowest BCUT2D eigenvalue weighted by molar-refractivity contribution is 0.660. The fraction of sp³-hybridized carbons (Fsp3) is 0.0600. The van der Waals surface area contributed by atoms with Gasteiger partial charge in [-0.1, -0.05) is 153 Å². The van der Waals surface area contributed by atoms with Gasteiger partial charge in [0.1, 0.15) is 0 Å². The fourth-order valence-electron chi connectivity index (χ4n) is 8.53. The van der Waals surface area contributed by atoms with Crippen molar-refractivity contribution in [1.29, 1.82) is 0 Å². The zero-order valence-corrected chi connectivity index (χ0v) is 30.7. The molecule has 0 aliphatic heterocycles. The minimum absolute atomic E-state index is 0.123. The van der Waals surface area contributed by atoms with Crippen molar-refractivity contribution in [3.8, 4) is 56.4 Å². The highest BCUT2D eigenvalue weighted by atomic mass is 32.1. The first-order valence-corrected chi connectivity index (χ1v) is 19.3. The quantitative estimate of drug-likeness (QED) is 0.171. The van der Waals surface area contributed by atoms with Gasteiger partial charge in [0.15, 0.2) is 17.5 Å². The van der Waals surface area contributed by atoms with E-state index in [2.05, 4.69) is 159 Å². The van der Waals surface area contributed by atoms with Gasteiger partial charge in [0.2, 0.25) is 0 Å². The molecule has 8 aromatic carbocycles. The predicted octanol–water partition coefficient (Wildman–Crippen LogP) is 13.5. The monoisotopic (exact) mass is 707 g/mol. The van der Waals surface area contributed by atoms with Crippen molar-refractivity contribution in [2.75, 3.05) is 0 Å². The van der Waals surface area contributed by atoms with Crippen LogP contribution in [0.15, 0.2) is 164 Å². The maximum absolute atomic E-state index is 5.18. The second-order valence-electron chi connectivity index (χ2n) is 14.8. The molecule has 2 heterocycles. The summed E-state index contributed by atoms with van der Waals surface area (Å²) in [7, 11) is 0. The minimum atomic E-state index is -0.123. The third-order valence-corrected chi connectivity index (χ3v) is 12.5. The molecule has 0 fully saturated rings. The minimum Gasteiger partial charge on any atom is -0.208 e. The van der Waals surface area contributed by atoms with Gasteiger partial charge in [-0.3, -0.25) is 0 Å². The SMILES string of the molecule is CC1(C)c2ccccc2-c2ccc(-c3nc(-c4ccccc4)nc(-c4cccc(-c5ccc6ccc7ccc8c9ccccc9sc8c7c6c5)c4)n3)cc21. The largest absolute Gasteiger partial charge is 0.208 e. The number of hydrogen-bond donors (Lipinski definition) is 0. The summed E-state index contributed by atoms with van der Waals surface area (Å²) in [5.41, 5.74) is 10.3. The molecule has 0 N–H and O–H groups in total. The van der Waals surface area contributed by atoms with E-state index in [0.29, 0.717) is 17.5 Å². The van der Waals surface area contributed by atoms with Gasteiger partial charge >= 0.3 is 0 Å². The van der Waals surface area contributed by atoms with Gasteiger partial charge in [0.25, 0.3) is 0 Å². The molecule has 3 nitrogen and oxygen atoms in total. The maximum Gasteiger partial charge on any atom is 0.164 e. The lowest BCUT2D eigenvalue weighted by Crippen LogP contribution is -2.15. The lowest BCUT2D eigenvalue weighted by atomic mass is 9.82. The summed E-state index contributed by atoms with van der Waals surface area (Å²) in [4.78, 5) is 15.4. The summed E-state index contributed by atoms with van der Waals surface area (Å²) >= 11 is 1.89. The van der Waals surface area contributed by atoms with Crippen LogP contribution in [0.1, 0.15) is 25.0 Å². The maximum atomic E-state index is 5.18. The molecule has 0 radical (unpaired) electrons. The standard InChI is InChI=1S/C50H33N3S/c1-50(2)42-17-8-6-15-37(42)38-25-24-36(29-43(38)50)49-52-47(32-11-4-3-5-12-32)51-48(53-49)35-14-10-13-33(27-35)34-22-20-30-19-21-31-23-26-40-39-16-7-9-18-44(39)54-46(40)45(31)41(30)28-34/h3-29H,1-2H3. The van der Waals surface area contributed by atoms with Crippen LogP contribution in [0.5, 0.6) is 0 Å². The van der Waals surface area contributed by atoms with Crippen LogP contribution >= 0.6 is 11.3 Å². The van der Waals surface area contributed by atoms with Crippen molar-refractivity contribution in [2.45, 2.75) is 19.3 Å². The zero-order chi connectivity index (χ0) is 36.0. The second kappa shape index (κ2) is 11.8. The van der Waals surface area contributed by atoms with Crippen molar-refractivity contribution in [1.82, 2.24) is 15.0 Å². The summed E-state index contributed by atoms with van der Waals surface area (Å²) in [6, 6.07) is 58.9. The van der Waals surface area contributed by atoms with Crippen molar-refractivity contribution in [3.05, 3.63) is 175 Å². The topological polar surface area (TPSA) is 38.7 Å². The average Bonchev–Trinajstić information content (AvgIpc) is 3.72. The van der Waals surface area contributed by atoms with E-state index in [1.165, 1.54) is 64.0 Å². The summed E-state index contributed by atoms with van der Waals surface area (Å²) in [6.07, 6.45) is 0. The van der Waals surface area contributed by atoms with E-state index in [9.17, 15) is 0 Å². The number of benzene rings is 8. The van der Waals surface area contributed by atoms with Gasteiger partial charge in [-0.05, 0) is 73.8 Å². The molecule has 2 aromatic heterocycles. The molecule has 1 aliphatic rings. The van der Waals surface area contributed by atoms with E-state index >= 15 is 0 Å². The third kappa shape index (κ3) is 4.77. The summed E-state index contributed by atoms with van der Waals surface area (Å²) < 4.78 is 2.66. The van der Waals surface area contributed by atoms with Crippen LogP contribution in [0.4, 0.5) is 0 Å². The average molecular weight is 708 g/mol. The van der Waals surface area contributed by atoms with Crippen LogP contribution in [0, 0.1) is 0 Å². The zero-order valence-electron chi connectivity index (χ0n) is 29.8. The Morgan fingerprint density at radius 2 is 1.02 bits per heavy atom. The number of rotatable bonds is 4. The molecule has 0 atom stereocenters. The Kier molecular flexibility index (Phi) is 6.77. The normalized spacial score (nSPS) is 13.1. The Labute approximate surface area is 317 Å².